The normalized spacial score (nSPS) is 11.9. The van der Waals surface area contributed by atoms with E-state index < -0.39 is 10.0 Å². The molecule has 0 bridgehead atoms. The fourth-order valence-corrected chi connectivity index (χ4v) is 4.00. The zero-order valence-corrected chi connectivity index (χ0v) is 14.6. The van der Waals surface area contributed by atoms with Crippen LogP contribution in [0.25, 0.3) is 10.9 Å². The van der Waals surface area contributed by atoms with E-state index in [1.807, 2.05) is 49.5 Å². The maximum atomic E-state index is 12.1. The van der Waals surface area contributed by atoms with E-state index in [2.05, 4.69) is 27.6 Å². The first kappa shape index (κ1) is 16.7. The second-order valence-corrected chi connectivity index (χ2v) is 7.91. The third-order valence-corrected chi connectivity index (χ3v) is 5.58. The summed E-state index contributed by atoms with van der Waals surface area (Å²) in [5.74, 6) is 0.118. The molecule has 0 aliphatic rings. The summed E-state index contributed by atoms with van der Waals surface area (Å²) >= 11 is 0. The van der Waals surface area contributed by atoms with Crippen LogP contribution in [0.2, 0.25) is 0 Å². The van der Waals surface area contributed by atoms with Gasteiger partial charge in [-0.2, -0.15) is 0 Å². The molecule has 0 saturated heterocycles. The highest BCUT2D eigenvalue weighted by Crippen LogP contribution is 2.20. The first-order chi connectivity index (χ1) is 11.6. The molecular weight excluding hydrogens is 320 g/mol. The lowest BCUT2D eigenvalue weighted by Crippen LogP contribution is -2.29. The van der Waals surface area contributed by atoms with E-state index in [0.717, 1.165) is 5.56 Å². The van der Waals surface area contributed by atoms with Gasteiger partial charge in [0, 0.05) is 30.7 Å². The van der Waals surface area contributed by atoms with E-state index in [-0.39, 0.29) is 5.75 Å². The molecule has 0 radical (unpaired) electrons. The molecule has 0 atom stereocenters. The Balaban J connectivity index is 1.57. The minimum atomic E-state index is -3.25. The molecule has 0 unspecified atom stereocenters. The summed E-state index contributed by atoms with van der Waals surface area (Å²) in [6.45, 7) is 0.422. The number of aryl methyl sites for hydroxylation is 2. The smallest absolute Gasteiger partial charge is 0.211 e. The predicted molar refractivity (Wildman–Crippen MR) is 98.6 cm³/mol. The Morgan fingerprint density at radius 1 is 0.958 bits per heavy atom. The van der Waals surface area contributed by atoms with Crippen LogP contribution in [0.1, 0.15) is 11.1 Å². The molecule has 1 N–H and O–H groups in total. The van der Waals surface area contributed by atoms with Crippen molar-refractivity contribution in [3.05, 3.63) is 71.9 Å². The van der Waals surface area contributed by atoms with Crippen molar-refractivity contribution >= 4 is 20.9 Å². The maximum absolute atomic E-state index is 12.1. The quantitative estimate of drug-likeness (QED) is 0.718. The largest absolute Gasteiger partial charge is 0.350 e. The van der Waals surface area contributed by atoms with Crippen LogP contribution >= 0.6 is 0 Å². The molecule has 2 aromatic carbocycles. The van der Waals surface area contributed by atoms with Crippen LogP contribution < -0.4 is 4.72 Å². The minimum Gasteiger partial charge on any atom is -0.350 e. The van der Waals surface area contributed by atoms with Gasteiger partial charge in [0.2, 0.25) is 10.0 Å². The van der Waals surface area contributed by atoms with Gasteiger partial charge in [0.15, 0.2) is 0 Å². The van der Waals surface area contributed by atoms with Crippen LogP contribution in [0.3, 0.4) is 0 Å². The fraction of sp³-hybridized carbons (Fsp3) is 0.263. The van der Waals surface area contributed by atoms with E-state index in [1.54, 1.807) is 0 Å². The highest BCUT2D eigenvalue weighted by molar-refractivity contribution is 7.89. The molecule has 1 heterocycles. The molecule has 3 aromatic rings. The van der Waals surface area contributed by atoms with Crippen molar-refractivity contribution in [3.63, 3.8) is 0 Å². The van der Waals surface area contributed by atoms with Crippen molar-refractivity contribution in [1.29, 1.82) is 0 Å². The van der Waals surface area contributed by atoms with Crippen LogP contribution in [0, 0.1) is 0 Å². The Hall–Kier alpha value is -2.11. The SMILES string of the molecule is Cn1cc(CCNS(=O)(=O)CCc2ccccc2)c2ccccc21. The number of sulfonamides is 1. The number of fused-ring (bicyclic) bond motifs is 1. The zero-order chi connectivity index (χ0) is 17.0. The van der Waals surface area contributed by atoms with Crippen LogP contribution in [0.15, 0.2) is 60.8 Å². The monoisotopic (exact) mass is 342 g/mol. The number of hydrogen-bond acceptors (Lipinski definition) is 2. The van der Waals surface area contributed by atoms with Crippen LogP contribution in [-0.2, 0) is 29.9 Å². The van der Waals surface area contributed by atoms with Gasteiger partial charge in [0.1, 0.15) is 0 Å². The van der Waals surface area contributed by atoms with E-state index in [0.29, 0.717) is 19.4 Å². The van der Waals surface area contributed by atoms with Gasteiger partial charge < -0.3 is 4.57 Å². The van der Waals surface area contributed by atoms with Gasteiger partial charge in [-0.15, -0.1) is 0 Å². The summed E-state index contributed by atoms with van der Waals surface area (Å²) in [6, 6.07) is 17.9. The number of nitrogens with zero attached hydrogens (tertiary/aromatic N) is 1. The summed E-state index contributed by atoms with van der Waals surface area (Å²) in [4.78, 5) is 0. The second kappa shape index (κ2) is 7.20. The van der Waals surface area contributed by atoms with Gasteiger partial charge in [0.05, 0.1) is 5.75 Å². The Morgan fingerprint density at radius 3 is 2.46 bits per heavy atom. The highest BCUT2D eigenvalue weighted by atomic mass is 32.2. The molecule has 1 aromatic heterocycles. The van der Waals surface area contributed by atoms with Gasteiger partial charge in [-0.25, -0.2) is 13.1 Å². The molecule has 5 heteroatoms. The number of benzene rings is 2. The molecule has 4 nitrogen and oxygen atoms in total. The van der Waals surface area contributed by atoms with Crippen molar-refractivity contribution < 1.29 is 8.42 Å². The molecule has 24 heavy (non-hydrogen) atoms. The molecule has 3 rings (SSSR count). The predicted octanol–water partition coefficient (Wildman–Crippen LogP) is 2.88. The highest BCUT2D eigenvalue weighted by Gasteiger charge is 2.11. The van der Waals surface area contributed by atoms with Gasteiger partial charge in [-0.3, -0.25) is 0 Å². The molecule has 0 fully saturated rings. The molecule has 0 spiro atoms. The van der Waals surface area contributed by atoms with E-state index in [9.17, 15) is 8.42 Å². The minimum absolute atomic E-state index is 0.118. The van der Waals surface area contributed by atoms with Crippen molar-refractivity contribution in [2.45, 2.75) is 12.8 Å². The number of para-hydroxylation sites is 1. The fourth-order valence-electron chi connectivity index (χ4n) is 2.94. The molecule has 126 valence electrons. The lowest BCUT2D eigenvalue weighted by molar-refractivity contribution is 0.581. The van der Waals surface area contributed by atoms with Gasteiger partial charge in [-0.05, 0) is 30.0 Å². The topological polar surface area (TPSA) is 51.1 Å². The Morgan fingerprint density at radius 2 is 1.67 bits per heavy atom. The Bertz CT molecular complexity index is 915. The average molecular weight is 342 g/mol. The van der Waals surface area contributed by atoms with Gasteiger partial charge in [-0.1, -0.05) is 48.5 Å². The maximum Gasteiger partial charge on any atom is 0.211 e. The first-order valence-corrected chi connectivity index (χ1v) is 9.74. The van der Waals surface area contributed by atoms with Crippen molar-refractivity contribution in [3.8, 4) is 0 Å². The number of rotatable bonds is 7. The van der Waals surface area contributed by atoms with Gasteiger partial charge >= 0.3 is 0 Å². The third kappa shape index (κ3) is 4.04. The zero-order valence-electron chi connectivity index (χ0n) is 13.8. The molecule has 0 aliphatic carbocycles. The van der Waals surface area contributed by atoms with Crippen molar-refractivity contribution in [2.24, 2.45) is 7.05 Å². The lowest BCUT2D eigenvalue weighted by Gasteiger charge is -2.06. The third-order valence-electron chi connectivity index (χ3n) is 4.20. The standard InChI is InChI=1S/C19H22N2O2S/c1-21-15-17(18-9-5-6-10-19(18)21)11-13-20-24(22,23)14-12-16-7-3-2-4-8-16/h2-10,15,20H,11-14H2,1H3. The van der Waals surface area contributed by atoms with E-state index in [1.165, 1.54) is 16.5 Å². The van der Waals surface area contributed by atoms with Crippen LogP contribution in [0.4, 0.5) is 0 Å². The Kier molecular flexibility index (Phi) is 5.02. The molecular formula is C19H22N2O2S. The lowest BCUT2D eigenvalue weighted by atomic mass is 10.1. The van der Waals surface area contributed by atoms with E-state index in [4.69, 9.17) is 0 Å². The average Bonchev–Trinajstić information content (AvgIpc) is 2.91. The van der Waals surface area contributed by atoms with Crippen LogP contribution in [-0.4, -0.2) is 25.3 Å². The van der Waals surface area contributed by atoms with Gasteiger partial charge in [0.25, 0.3) is 0 Å². The molecule has 0 aliphatic heterocycles. The molecule has 0 saturated carbocycles. The number of aromatic nitrogens is 1. The van der Waals surface area contributed by atoms with Crippen LogP contribution in [0.5, 0.6) is 0 Å². The summed E-state index contributed by atoms with van der Waals surface area (Å²) in [6.07, 6.45) is 3.29. The van der Waals surface area contributed by atoms with Crippen molar-refractivity contribution in [2.75, 3.05) is 12.3 Å². The van der Waals surface area contributed by atoms with E-state index >= 15 is 0 Å². The summed E-state index contributed by atoms with van der Waals surface area (Å²) in [5, 5.41) is 1.18. The summed E-state index contributed by atoms with van der Waals surface area (Å²) < 4.78 is 29.1. The first-order valence-electron chi connectivity index (χ1n) is 8.09. The van der Waals surface area contributed by atoms with Crippen molar-refractivity contribution in [1.82, 2.24) is 9.29 Å². The number of hydrogen-bond donors (Lipinski definition) is 1. The summed E-state index contributed by atoms with van der Waals surface area (Å²) in [5.41, 5.74) is 3.37. The Labute approximate surface area is 143 Å². The second-order valence-electron chi connectivity index (χ2n) is 5.98. The molecule has 0 amide bonds. The summed E-state index contributed by atoms with van der Waals surface area (Å²) in [7, 11) is -1.24. The number of nitrogens with one attached hydrogen (secondary N) is 1.